The number of rotatable bonds is 25. The van der Waals surface area contributed by atoms with Crippen molar-refractivity contribution in [3.63, 3.8) is 0 Å². The van der Waals surface area contributed by atoms with Gasteiger partial charge in [-0.2, -0.15) is 0 Å². The van der Waals surface area contributed by atoms with Crippen LogP contribution in [0.4, 0.5) is 0 Å². The van der Waals surface area contributed by atoms with Crippen LogP contribution in [0.15, 0.2) is 121 Å². The minimum absolute atomic E-state index is 0.0501. The van der Waals surface area contributed by atoms with Crippen molar-refractivity contribution < 1.29 is 58.3 Å². The molecule has 1 aliphatic heterocycles. The Kier molecular flexibility index (Phi) is 18.7. The lowest BCUT2D eigenvalue weighted by Crippen LogP contribution is -2.60. The summed E-state index contributed by atoms with van der Waals surface area (Å²) in [5.74, 6) is 0. The summed E-state index contributed by atoms with van der Waals surface area (Å²) in [6.45, 7) is 1.64. The number of ether oxygens (including phenoxy) is 8. The van der Waals surface area contributed by atoms with E-state index in [-0.39, 0.29) is 39.6 Å². The molecule has 12 heteroatoms. The smallest absolute Gasteiger partial charge is 0.187 e. The molecule has 0 bridgehead atoms. The molecule has 0 aliphatic carbocycles. The van der Waals surface area contributed by atoms with E-state index < -0.39 is 55.6 Å². The normalized spacial score (nSPS) is 20.1. The summed E-state index contributed by atoms with van der Waals surface area (Å²) in [6, 6.07) is 39.2. The first-order valence-electron chi connectivity index (χ1n) is 18.6. The molecule has 0 saturated carbocycles. The van der Waals surface area contributed by atoms with Crippen LogP contribution in [0.5, 0.6) is 0 Å². The van der Waals surface area contributed by atoms with E-state index in [0.29, 0.717) is 26.4 Å². The van der Waals surface area contributed by atoms with Gasteiger partial charge in [0.15, 0.2) is 6.29 Å². The highest BCUT2D eigenvalue weighted by molar-refractivity contribution is 5.15. The van der Waals surface area contributed by atoms with Crippen molar-refractivity contribution in [1.82, 2.24) is 0 Å². The zero-order valence-corrected chi connectivity index (χ0v) is 31.0. The van der Waals surface area contributed by atoms with Crippen LogP contribution >= 0.6 is 0 Å². The summed E-state index contributed by atoms with van der Waals surface area (Å²) < 4.78 is 48.7. The fraction of sp³-hybridized carbons (Fsp3) is 0.442. The molecule has 0 unspecified atom stereocenters. The lowest BCUT2D eigenvalue weighted by molar-refractivity contribution is -0.318. The quantitative estimate of drug-likeness (QED) is 0.0777. The van der Waals surface area contributed by atoms with Gasteiger partial charge in [0, 0.05) is 0 Å². The average molecular weight is 763 g/mol. The Morgan fingerprint density at radius 3 is 1.11 bits per heavy atom. The molecule has 298 valence electrons. The molecule has 0 aromatic heterocycles. The second-order valence-corrected chi connectivity index (χ2v) is 13.4. The first-order valence-corrected chi connectivity index (χ1v) is 18.6. The van der Waals surface area contributed by atoms with Crippen molar-refractivity contribution in [2.75, 3.05) is 46.2 Å². The standard InChI is InChI=1S/C43H54O12/c44-21-39-40(45)41(46)42(47)43(55-39)54-38(30-52-36(26-48-22-32-13-5-1-6-14-32)27-49-23-33-15-7-2-8-16-33)31-53-37(28-50-24-34-17-9-3-10-18-34)29-51-25-35-19-11-4-12-20-35/h1-20,36-47H,21-31H2/t39-,40+,41+,42-,43-/m1/s1. The van der Waals surface area contributed by atoms with Gasteiger partial charge in [-0.05, 0) is 22.3 Å². The SMILES string of the molecule is OC[C@H]1O[C@@H](OC(COC(COCc2ccccc2)COCc2ccccc2)COC(COCc2ccccc2)COCc2ccccc2)[C@H](O)[C@@H](O)[C@H]1O. The van der Waals surface area contributed by atoms with Crippen LogP contribution in [0.2, 0.25) is 0 Å². The number of hydrogen-bond acceptors (Lipinski definition) is 12. The molecular formula is C43H54O12. The molecule has 5 atom stereocenters. The summed E-state index contributed by atoms with van der Waals surface area (Å²) in [6.07, 6.45) is -9.23. The van der Waals surface area contributed by atoms with Gasteiger partial charge in [0.05, 0.1) is 72.7 Å². The van der Waals surface area contributed by atoms with E-state index in [2.05, 4.69) is 0 Å². The molecule has 4 N–H and O–H groups in total. The molecular weight excluding hydrogens is 708 g/mol. The third-order valence-corrected chi connectivity index (χ3v) is 8.87. The van der Waals surface area contributed by atoms with Crippen LogP contribution < -0.4 is 0 Å². The van der Waals surface area contributed by atoms with Crippen LogP contribution in [0.3, 0.4) is 0 Å². The molecule has 0 amide bonds. The highest BCUT2D eigenvalue weighted by Crippen LogP contribution is 2.23. The molecule has 0 spiro atoms. The molecule has 12 nitrogen and oxygen atoms in total. The van der Waals surface area contributed by atoms with Gasteiger partial charge in [-0.3, -0.25) is 0 Å². The third-order valence-electron chi connectivity index (χ3n) is 8.87. The van der Waals surface area contributed by atoms with E-state index in [9.17, 15) is 20.4 Å². The number of hydrogen-bond donors (Lipinski definition) is 4. The molecule has 5 rings (SSSR count). The number of aliphatic hydroxyl groups excluding tert-OH is 4. The van der Waals surface area contributed by atoms with Crippen molar-refractivity contribution in [2.45, 2.75) is 75.4 Å². The third kappa shape index (κ3) is 15.1. The van der Waals surface area contributed by atoms with Crippen LogP contribution in [-0.2, 0) is 64.3 Å². The topological polar surface area (TPSA) is 155 Å². The van der Waals surface area contributed by atoms with E-state index in [1.165, 1.54) is 0 Å². The summed E-state index contributed by atoms with van der Waals surface area (Å²) in [5, 5.41) is 41.5. The van der Waals surface area contributed by atoms with Crippen molar-refractivity contribution in [3.05, 3.63) is 144 Å². The molecule has 1 saturated heterocycles. The van der Waals surface area contributed by atoms with Crippen molar-refractivity contribution in [2.24, 2.45) is 0 Å². The van der Waals surface area contributed by atoms with E-state index in [1.807, 2.05) is 121 Å². The molecule has 4 aromatic rings. The lowest BCUT2D eigenvalue weighted by Gasteiger charge is -2.41. The summed E-state index contributed by atoms with van der Waals surface area (Å²) >= 11 is 0. The summed E-state index contributed by atoms with van der Waals surface area (Å²) in [5.41, 5.74) is 4.05. The Morgan fingerprint density at radius 1 is 0.436 bits per heavy atom. The van der Waals surface area contributed by atoms with Crippen LogP contribution in [0.1, 0.15) is 22.3 Å². The summed E-state index contributed by atoms with van der Waals surface area (Å²) in [7, 11) is 0. The molecule has 1 heterocycles. The van der Waals surface area contributed by atoms with E-state index in [0.717, 1.165) is 22.3 Å². The molecule has 4 aromatic carbocycles. The van der Waals surface area contributed by atoms with E-state index in [4.69, 9.17) is 37.9 Å². The zero-order chi connectivity index (χ0) is 38.5. The maximum atomic E-state index is 10.8. The Balaban J connectivity index is 1.25. The first-order chi connectivity index (χ1) is 27.0. The Hall–Kier alpha value is -3.60. The highest BCUT2D eigenvalue weighted by atomic mass is 16.7. The van der Waals surface area contributed by atoms with Gasteiger partial charge in [0.1, 0.15) is 42.7 Å². The Morgan fingerprint density at radius 2 is 0.782 bits per heavy atom. The van der Waals surface area contributed by atoms with Gasteiger partial charge in [-0.15, -0.1) is 0 Å². The minimum atomic E-state index is -1.62. The fourth-order valence-electron chi connectivity index (χ4n) is 5.80. The fourth-order valence-corrected chi connectivity index (χ4v) is 5.80. The lowest BCUT2D eigenvalue weighted by atomic mass is 9.99. The minimum Gasteiger partial charge on any atom is -0.394 e. The van der Waals surface area contributed by atoms with E-state index in [1.54, 1.807) is 0 Å². The van der Waals surface area contributed by atoms with Gasteiger partial charge in [-0.25, -0.2) is 0 Å². The first kappa shape index (κ1) is 42.5. The molecule has 1 aliphatic rings. The van der Waals surface area contributed by atoms with Crippen molar-refractivity contribution >= 4 is 0 Å². The zero-order valence-electron chi connectivity index (χ0n) is 31.0. The highest BCUT2D eigenvalue weighted by Gasteiger charge is 2.45. The number of benzene rings is 4. The van der Waals surface area contributed by atoms with Crippen molar-refractivity contribution in [1.29, 1.82) is 0 Å². The number of aliphatic hydroxyl groups is 4. The van der Waals surface area contributed by atoms with Gasteiger partial charge in [-0.1, -0.05) is 121 Å². The maximum absolute atomic E-state index is 10.8. The second kappa shape index (κ2) is 24.1. The average Bonchev–Trinajstić information content (AvgIpc) is 3.22. The summed E-state index contributed by atoms with van der Waals surface area (Å²) in [4.78, 5) is 0. The van der Waals surface area contributed by atoms with Crippen LogP contribution in [0.25, 0.3) is 0 Å². The van der Waals surface area contributed by atoms with Crippen molar-refractivity contribution in [3.8, 4) is 0 Å². The van der Waals surface area contributed by atoms with Crippen LogP contribution in [-0.4, -0.2) is 116 Å². The van der Waals surface area contributed by atoms with Gasteiger partial charge in [0.2, 0.25) is 0 Å². The van der Waals surface area contributed by atoms with Crippen LogP contribution in [0, 0.1) is 0 Å². The molecule has 55 heavy (non-hydrogen) atoms. The Bertz CT molecular complexity index is 1360. The monoisotopic (exact) mass is 762 g/mol. The maximum Gasteiger partial charge on any atom is 0.187 e. The van der Waals surface area contributed by atoms with Gasteiger partial charge in [0.25, 0.3) is 0 Å². The predicted molar refractivity (Wildman–Crippen MR) is 203 cm³/mol. The largest absolute Gasteiger partial charge is 0.394 e. The van der Waals surface area contributed by atoms with E-state index >= 15 is 0 Å². The molecule has 0 radical (unpaired) electrons. The molecule has 1 fully saturated rings. The second-order valence-electron chi connectivity index (χ2n) is 13.4. The van der Waals surface area contributed by atoms with Gasteiger partial charge < -0.3 is 58.3 Å². The van der Waals surface area contributed by atoms with Gasteiger partial charge >= 0.3 is 0 Å². The Labute approximate surface area is 323 Å². The predicted octanol–water partition coefficient (Wildman–Crippen LogP) is 3.81.